The molecule has 2 heterocycles. The van der Waals surface area contributed by atoms with Crippen molar-refractivity contribution in [3.05, 3.63) is 35.1 Å². The lowest BCUT2D eigenvalue weighted by Crippen LogP contribution is -2.59. The third-order valence-corrected chi connectivity index (χ3v) is 4.71. The van der Waals surface area contributed by atoms with E-state index < -0.39 is 23.2 Å². The fourth-order valence-corrected chi connectivity index (χ4v) is 3.52. The third-order valence-electron chi connectivity index (χ3n) is 4.71. The maximum atomic E-state index is 13.3. The van der Waals surface area contributed by atoms with Crippen LogP contribution in [0.4, 0.5) is 17.6 Å². The second-order valence-electron chi connectivity index (χ2n) is 6.14. The van der Waals surface area contributed by atoms with Crippen LogP contribution in [-0.4, -0.2) is 42.4 Å². The standard InChI is InChI=1S/C15H17F4NO2/c1-20-10-5-14(21,6-11(20)8-22-7-10)12-3-2-9(16)4-13(12)15(17,18)19/h2-4,10-11,21H,5-8H2,1H3. The van der Waals surface area contributed by atoms with Gasteiger partial charge in [0.1, 0.15) is 5.82 Å². The third kappa shape index (κ3) is 2.61. The van der Waals surface area contributed by atoms with E-state index in [9.17, 15) is 22.7 Å². The molecule has 2 unspecified atom stereocenters. The highest BCUT2D eigenvalue weighted by Gasteiger charge is 2.49. The second-order valence-corrected chi connectivity index (χ2v) is 6.14. The molecule has 0 radical (unpaired) electrons. The van der Waals surface area contributed by atoms with Crippen LogP contribution in [0.3, 0.4) is 0 Å². The molecule has 0 saturated carbocycles. The average molecular weight is 319 g/mol. The summed E-state index contributed by atoms with van der Waals surface area (Å²) in [4.78, 5) is 2.04. The van der Waals surface area contributed by atoms with Gasteiger partial charge in [-0.15, -0.1) is 0 Å². The van der Waals surface area contributed by atoms with Gasteiger partial charge in [-0.2, -0.15) is 13.2 Å². The molecule has 0 aliphatic carbocycles. The second kappa shape index (κ2) is 5.18. The summed E-state index contributed by atoms with van der Waals surface area (Å²) in [7, 11) is 1.88. The van der Waals surface area contributed by atoms with Gasteiger partial charge in [0.25, 0.3) is 0 Å². The van der Waals surface area contributed by atoms with E-state index in [0.29, 0.717) is 19.3 Å². The quantitative estimate of drug-likeness (QED) is 0.808. The van der Waals surface area contributed by atoms with Crippen LogP contribution in [0, 0.1) is 5.82 Å². The first-order chi connectivity index (χ1) is 10.2. The fourth-order valence-electron chi connectivity index (χ4n) is 3.52. The molecule has 7 heteroatoms. The molecule has 0 spiro atoms. The number of aliphatic hydroxyl groups is 1. The van der Waals surface area contributed by atoms with E-state index in [1.165, 1.54) is 0 Å². The van der Waals surface area contributed by atoms with E-state index in [2.05, 4.69) is 0 Å². The summed E-state index contributed by atoms with van der Waals surface area (Å²) in [5.41, 5.74) is -2.96. The van der Waals surface area contributed by atoms with Crippen LogP contribution in [0.25, 0.3) is 0 Å². The molecule has 2 fully saturated rings. The minimum atomic E-state index is -4.71. The average Bonchev–Trinajstić information content (AvgIpc) is 2.39. The van der Waals surface area contributed by atoms with Gasteiger partial charge in [-0.3, -0.25) is 4.90 Å². The summed E-state index contributed by atoms with van der Waals surface area (Å²) < 4.78 is 58.3. The van der Waals surface area contributed by atoms with E-state index >= 15 is 0 Å². The van der Waals surface area contributed by atoms with Gasteiger partial charge in [-0.1, -0.05) is 6.07 Å². The maximum absolute atomic E-state index is 13.3. The summed E-state index contributed by atoms with van der Waals surface area (Å²) in [6.45, 7) is 0.746. The molecule has 2 atom stereocenters. The first kappa shape index (κ1) is 15.7. The zero-order valence-electron chi connectivity index (χ0n) is 12.0. The van der Waals surface area contributed by atoms with Crippen molar-refractivity contribution in [2.75, 3.05) is 20.3 Å². The molecule has 1 aromatic carbocycles. The van der Waals surface area contributed by atoms with Crippen molar-refractivity contribution < 1.29 is 27.4 Å². The van der Waals surface area contributed by atoms with Crippen molar-refractivity contribution in [1.82, 2.24) is 4.90 Å². The molecule has 122 valence electrons. The van der Waals surface area contributed by atoms with E-state index in [1.54, 1.807) is 0 Å². The summed E-state index contributed by atoms with van der Waals surface area (Å²) in [5, 5.41) is 10.9. The molecule has 3 rings (SSSR count). The van der Waals surface area contributed by atoms with E-state index in [-0.39, 0.29) is 30.5 Å². The highest BCUT2D eigenvalue weighted by atomic mass is 19.4. The molecule has 0 aromatic heterocycles. The Morgan fingerprint density at radius 1 is 1.23 bits per heavy atom. The zero-order valence-corrected chi connectivity index (χ0v) is 12.0. The monoisotopic (exact) mass is 319 g/mol. The van der Waals surface area contributed by atoms with Gasteiger partial charge in [0.2, 0.25) is 0 Å². The van der Waals surface area contributed by atoms with Crippen LogP contribution in [0.1, 0.15) is 24.0 Å². The molecule has 2 aliphatic heterocycles. The fraction of sp³-hybridized carbons (Fsp3) is 0.600. The first-order valence-electron chi connectivity index (χ1n) is 7.10. The van der Waals surface area contributed by atoms with Crippen molar-refractivity contribution in [3.63, 3.8) is 0 Å². The van der Waals surface area contributed by atoms with E-state index in [1.807, 2.05) is 11.9 Å². The van der Waals surface area contributed by atoms with E-state index in [4.69, 9.17) is 4.74 Å². The van der Waals surface area contributed by atoms with Gasteiger partial charge < -0.3 is 9.84 Å². The van der Waals surface area contributed by atoms with Crippen molar-refractivity contribution in [3.8, 4) is 0 Å². The van der Waals surface area contributed by atoms with Crippen molar-refractivity contribution >= 4 is 0 Å². The number of alkyl halides is 3. The predicted octanol–water partition coefficient (Wildman–Crippen LogP) is 2.53. The lowest BCUT2D eigenvalue weighted by atomic mass is 9.75. The minimum absolute atomic E-state index is 0.134. The van der Waals surface area contributed by atoms with Crippen LogP contribution >= 0.6 is 0 Å². The number of ether oxygens (including phenoxy) is 1. The Morgan fingerprint density at radius 3 is 2.36 bits per heavy atom. The molecule has 2 aliphatic rings. The minimum Gasteiger partial charge on any atom is -0.385 e. The highest BCUT2D eigenvalue weighted by Crippen LogP contribution is 2.45. The molecule has 22 heavy (non-hydrogen) atoms. The van der Waals surface area contributed by atoms with Crippen molar-refractivity contribution in [2.24, 2.45) is 0 Å². The Labute approximate surface area is 125 Å². The Hall–Kier alpha value is -1.18. The Balaban J connectivity index is 2.03. The number of rotatable bonds is 1. The summed E-state index contributed by atoms with van der Waals surface area (Å²) >= 11 is 0. The topological polar surface area (TPSA) is 32.7 Å². The number of morpholine rings is 1. The number of nitrogens with zero attached hydrogens (tertiary/aromatic N) is 1. The lowest BCUT2D eigenvalue weighted by Gasteiger charge is -2.50. The summed E-state index contributed by atoms with van der Waals surface area (Å²) in [6, 6.07) is 2.18. The summed E-state index contributed by atoms with van der Waals surface area (Å²) in [6.07, 6.45) is -4.44. The van der Waals surface area contributed by atoms with Crippen LogP contribution in [0.5, 0.6) is 0 Å². The molecule has 3 nitrogen and oxygen atoms in total. The molecule has 2 saturated heterocycles. The largest absolute Gasteiger partial charge is 0.416 e. The van der Waals surface area contributed by atoms with E-state index in [0.717, 1.165) is 12.1 Å². The predicted molar refractivity (Wildman–Crippen MR) is 70.7 cm³/mol. The number of likely N-dealkylation sites (N-methyl/N-ethyl adjacent to an activating group) is 1. The number of halogens is 4. The van der Waals surface area contributed by atoms with Crippen LogP contribution < -0.4 is 0 Å². The Morgan fingerprint density at radius 2 is 1.82 bits per heavy atom. The Bertz CT molecular complexity index is 561. The zero-order chi connectivity index (χ0) is 16.1. The molecular weight excluding hydrogens is 302 g/mol. The molecule has 2 bridgehead atoms. The van der Waals surface area contributed by atoms with Crippen LogP contribution in [0.2, 0.25) is 0 Å². The summed E-state index contributed by atoms with van der Waals surface area (Å²) in [5.74, 6) is -0.962. The normalized spacial score (nSPS) is 33.0. The number of hydrogen-bond acceptors (Lipinski definition) is 3. The smallest absolute Gasteiger partial charge is 0.385 e. The van der Waals surface area contributed by atoms with Crippen LogP contribution in [0.15, 0.2) is 18.2 Å². The van der Waals surface area contributed by atoms with Gasteiger partial charge >= 0.3 is 6.18 Å². The van der Waals surface area contributed by atoms with Gasteiger partial charge in [-0.05, 0) is 37.6 Å². The first-order valence-corrected chi connectivity index (χ1v) is 7.10. The number of benzene rings is 1. The van der Waals surface area contributed by atoms with Crippen LogP contribution in [-0.2, 0) is 16.5 Å². The molecule has 1 aromatic rings. The number of piperidine rings is 1. The number of hydrogen-bond donors (Lipinski definition) is 1. The van der Waals surface area contributed by atoms with Gasteiger partial charge in [0.15, 0.2) is 0 Å². The Kier molecular flexibility index (Phi) is 3.70. The SMILES string of the molecule is CN1C2COCC1CC(O)(c1ccc(F)cc1C(F)(F)F)C2. The molecular formula is C15H17F4NO2. The lowest BCUT2D eigenvalue weighted by molar-refractivity contribution is -0.153. The van der Waals surface area contributed by atoms with Gasteiger partial charge in [0.05, 0.1) is 24.4 Å². The highest BCUT2D eigenvalue weighted by molar-refractivity contribution is 5.36. The van der Waals surface area contributed by atoms with Crippen molar-refractivity contribution in [1.29, 1.82) is 0 Å². The van der Waals surface area contributed by atoms with Gasteiger partial charge in [-0.25, -0.2) is 4.39 Å². The molecule has 1 N–H and O–H groups in total. The molecule has 0 amide bonds. The number of fused-ring (bicyclic) bond motifs is 2. The van der Waals surface area contributed by atoms with Crippen molar-refractivity contribution in [2.45, 2.75) is 36.7 Å². The van der Waals surface area contributed by atoms with Gasteiger partial charge in [0, 0.05) is 12.1 Å². The maximum Gasteiger partial charge on any atom is 0.416 e.